The second-order valence-electron chi connectivity index (χ2n) is 6.76. The number of ether oxygens (including phenoxy) is 3. The van der Waals surface area contributed by atoms with Crippen LogP contribution < -0.4 is 19.6 Å². The van der Waals surface area contributed by atoms with Crippen molar-refractivity contribution >= 4 is 18.1 Å². The molecule has 7 nitrogen and oxygen atoms in total. The average molecular weight is 432 g/mol. The standard InChI is InChI=1S/C25H24N2O5/c1-3-15-31-21-13-9-19(10-14-21)25(29)32-22-11-7-18(8-12-22)17-26-27-24(28)20-5-4-6-23(16-20)30-2/h4-14,16-17H,3,15H2,1-2H3,(H,27,28). The first kappa shape index (κ1) is 22.6. The van der Waals surface area contributed by atoms with Crippen molar-refractivity contribution in [2.45, 2.75) is 13.3 Å². The second kappa shape index (κ2) is 11.3. The van der Waals surface area contributed by atoms with Gasteiger partial charge in [-0.2, -0.15) is 5.10 Å². The fourth-order valence-electron chi connectivity index (χ4n) is 2.69. The summed E-state index contributed by atoms with van der Waals surface area (Å²) in [5.41, 5.74) is 4.06. The summed E-state index contributed by atoms with van der Waals surface area (Å²) in [4.78, 5) is 24.4. The number of carbonyl (C=O) groups is 2. The van der Waals surface area contributed by atoms with Crippen molar-refractivity contribution in [3.63, 3.8) is 0 Å². The summed E-state index contributed by atoms with van der Waals surface area (Å²) in [5, 5.41) is 3.96. The van der Waals surface area contributed by atoms with Crippen LogP contribution in [0.15, 0.2) is 77.9 Å². The Bertz CT molecular complexity index is 1080. The molecule has 0 saturated heterocycles. The number of nitrogens with zero attached hydrogens (tertiary/aromatic N) is 1. The lowest BCUT2D eigenvalue weighted by molar-refractivity contribution is 0.0734. The molecule has 0 radical (unpaired) electrons. The molecule has 1 N–H and O–H groups in total. The summed E-state index contributed by atoms with van der Waals surface area (Å²) in [6.07, 6.45) is 2.41. The molecule has 1 amide bonds. The number of rotatable bonds is 9. The minimum Gasteiger partial charge on any atom is -0.497 e. The van der Waals surface area contributed by atoms with Crippen molar-refractivity contribution in [2.75, 3.05) is 13.7 Å². The van der Waals surface area contributed by atoms with Gasteiger partial charge >= 0.3 is 5.97 Å². The van der Waals surface area contributed by atoms with Crippen LogP contribution in [0.2, 0.25) is 0 Å². The zero-order chi connectivity index (χ0) is 22.8. The van der Waals surface area contributed by atoms with E-state index in [9.17, 15) is 9.59 Å². The molecule has 32 heavy (non-hydrogen) atoms. The lowest BCUT2D eigenvalue weighted by Crippen LogP contribution is -2.17. The number of amides is 1. The molecule has 164 valence electrons. The van der Waals surface area contributed by atoms with E-state index in [0.29, 0.717) is 35.0 Å². The van der Waals surface area contributed by atoms with Crippen molar-refractivity contribution in [3.05, 3.63) is 89.5 Å². The molecule has 0 aromatic heterocycles. The molecule has 0 fully saturated rings. The lowest BCUT2D eigenvalue weighted by Gasteiger charge is -2.07. The average Bonchev–Trinajstić information content (AvgIpc) is 2.84. The Morgan fingerprint density at radius 2 is 1.62 bits per heavy atom. The Balaban J connectivity index is 1.53. The minimum absolute atomic E-state index is 0.350. The molecule has 3 rings (SSSR count). The maximum atomic E-state index is 12.3. The van der Waals surface area contributed by atoms with Crippen molar-refractivity contribution in [2.24, 2.45) is 5.10 Å². The van der Waals surface area contributed by atoms with Gasteiger partial charge in [0.1, 0.15) is 17.2 Å². The number of carbonyl (C=O) groups excluding carboxylic acids is 2. The zero-order valence-corrected chi connectivity index (χ0v) is 17.9. The summed E-state index contributed by atoms with van der Waals surface area (Å²) in [6, 6.07) is 20.4. The highest BCUT2D eigenvalue weighted by molar-refractivity contribution is 5.95. The van der Waals surface area contributed by atoms with Gasteiger partial charge in [-0.25, -0.2) is 10.2 Å². The Morgan fingerprint density at radius 3 is 2.31 bits per heavy atom. The van der Waals surface area contributed by atoms with Crippen molar-refractivity contribution < 1.29 is 23.8 Å². The Hall–Kier alpha value is -4.13. The number of hydrogen-bond donors (Lipinski definition) is 1. The first-order chi connectivity index (χ1) is 15.6. The molecule has 0 heterocycles. The van der Waals surface area contributed by atoms with E-state index in [-0.39, 0.29) is 5.91 Å². The molecule has 0 unspecified atom stereocenters. The van der Waals surface area contributed by atoms with Crippen LogP contribution in [0, 0.1) is 0 Å². The predicted molar refractivity (Wildman–Crippen MR) is 122 cm³/mol. The molecule has 0 bridgehead atoms. The summed E-state index contributed by atoms with van der Waals surface area (Å²) < 4.78 is 16.0. The van der Waals surface area contributed by atoms with Gasteiger partial charge in [-0.1, -0.05) is 13.0 Å². The van der Waals surface area contributed by atoms with Gasteiger partial charge in [-0.05, 0) is 78.7 Å². The summed E-state index contributed by atoms with van der Waals surface area (Å²) in [6.45, 7) is 2.66. The highest BCUT2D eigenvalue weighted by Gasteiger charge is 2.09. The fourth-order valence-corrected chi connectivity index (χ4v) is 2.69. The van der Waals surface area contributed by atoms with Gasteiger partial charge < -0.3 is 14.2 Å². The van der Waals surface area contributed by atoms with E-state index in [4.69, 9.17) is 14.2 Å². The summed E-state index contributed by atoms with van der Waals surface area (Å²) >= 11 is 0. The zero-order valence-electron chi connectivity index (χ0n) is 17.9. The van der Waals surface area contributed by atoms with Gasteiger partial charge in [0.05, 0.1) is 25.5 Å². The Labute approximate surface area is 186 Å². The number of methoxy groups -OCH3 is 1. The smallest absolute Gasteiger partial charge is 0.343 e. The maximum Gasteiger partial charge on any atom is 0.343 e. The third-order valence-electron chi connectivity index (χ3n) is 4.37. The van der Waals surface area contributed by atoms with E-state index in [0.717, 1.165) is 12.0 Å². The van der Waals surface area contributed by atoms with Gasteiger partial charge in [0.15, 0.2) is 0 Å². The molecule has 3 aromatic rings. The summed E-state index contributed by atoms with van der Waals surface area (Å²) in [5.74, 6) is 0.896. The minimum atomic E-state index is -0.459. The van der Waals surface area contributed by atoms with E-state index in [1.54, 1.807) is 72.8 Å². The lowest BCUT2D eigenvalue weighted by atomic mass is 10.2. The number of hydrogen-bond acceptors (Lipinski definition) is 6. The second-order valence-corrected chi connectivity index (χ2v) is 6.76. The molecule has 0 atom stereocenters. The molecule has 0 aliphatic heterocycles. The van der Waals surface area contributed by atoms with Crippen molar-refractivity contribution in [1.82, 2.24) is 5.43 Å². The van der Waals surface area contributed by atoms with Crippen LogP contribution in [0.1, 0.15) is 39.6 Å². The van der Waals surface area contributed by atoms with Crippen LogP contribution in [0.4, 0.5) is 0 Å². The number of benzene rings is 3. The van der Waals surface area contributed by atoms with Crippen LogP contribution >= 0.6 is 0 Å². The Kier molecular flexibility index (Phi) is 7.97. The molecule has 0 saturated carbocycles. The quantitative estimate of drug-likeness (QED) is 0.233. The number of esters is 1. The molecule has 0 aliphatic rings. The van der Waals surface area contributed by atoms with Gasteiger partial charge in [0.25, 0.3) is 5.91 Å². The third kappa shape index (κ3) is 6.43. The topological polar surface area (TPSA) is 86.2 Å². The number of nitrogens with one attached hydrogen (secondary N) is 1. The van der Waals surface area contributed by atoms with Crippen LogP contribution in [-0.4, -0.2) is 31.8 Å². The molecule has 7 heteroatoms. The first-order valence-electron chi connectivity index (χ1n) is 10.1. The van der Waals surface area contributed by atoms with Gasteiger partial charge in [0, 0.05) is 5.56 Å². The normalized spacial score (nSPS) is 10.6. The van der Waals surface area contributed by atoms with Crippen LogP contribution in [0.25, 0.3) is 0 Å². The van der Waals surface area contributed by atoms with E-state index in [1.165, 1.54) is 13.3 Å². The molecular weight excluding hydrogens is 408 g/mol. The van der Waals surface area contributed by atoms with Crippen molar-refractivity contribution in [1.29, 1.82) is 0 Å². The highest BCUT2D eigenvalue weighted by Crippen LogP contribution is 2.17. The fraction of sp³-hybridized carbons (Fsp3) is 0.160. The van der Waals surface area contributed by atoms with E-state index in [2.05, 4.69) is 10.5 Å². The monoisotopic (exact) mass is 432 g/mol. The molecular formula is C25H24N2O5. The van der Waals surface area contributed by atoms with Crippen LogP contribution in [-0.2, 0) is 0 Å². The van der Waals surface area contributed by atoms with Crippen LogP contribution in [0.3, 0.4) is 0 Å². The van der Waals surface area contributed by atoms with E-state index >= 15 is 0 Å². The van der Waals surface area contributed by atoms with Crippen molar-refractivity contribution in [3.8, 4) is 17.2 Å². The largest absolute Gasteiger partial charge is 0.497 e. The van der Waals surface area contributed by atoms with Gasteiger partial charge in [-0.3, -0.25) is 4.79 Å². The molecule has 0 aliphatic carbocycles. The third-order valence-corrected chi connectivity index (χ3v) is 4.37. The maximum absolute atomic E-state index is 12.3. The Morgan fingerprint density at radius 1 is 0.906 bits per heavy atom. The van der Waals surface area contributed by atoms with E-state index < -0.39 is 5.97 Å². The summed E-state index contributed by atoms with van der Waals surface area (Å²) in [7, 11) is 1.54. The predicted octanol–water partition coefficient (Wildman–Crippen LogP) is 4.47. The van der Waals surface area contributed by atoms with E-state index in [1.807, 2.05) is 6.92 Å². The van der Waals surface area contributed by atoms with Gasteiger partial charge in [0.2, 0.25) is 0 Å². The SMILES string of the molecule is CCCOc1ccc(C(=O)Oc2ccc(C=NNC(=O)c3cccc(OC)c3)cc2)cc1. The molecule has 3 aromatic carbocycles. The number of hydrazone groups is 1. The van der Waals surface area contributed by atoms with Gasteiger partial charge in [-0.15, -0.1) is 0 Å². The van der Waals surface area contributed by atoms with Crippen LogP contribution in [0.5, 0.6) is 17.2 Å². The first-order valence-corrected chi connectivity index (χ1v) is 10.1. The molecule has 0 spiro atoms. The highest BCUT2D eigenvalue weighted by atomic mass is 16.5.